The van der Waals surface area contributed by atoms with Gasteiger partial charge in [-0.2, -0.15) is 4.73 Å². The van der Waals surface area contributed by atoms with Gasteiger partial charge in [-0.25, -0.2) is 4.79 Å². The van der Waals surface area contributed by atoms with Crippen molar-refractivity contribution >= 4 is 16.9 Å². The van der Waals surface area contributed by atoms with Crippen molar-refractivity contribution in [1.82, 2.24) is 4.73 Å². The summed E-state index contributed by atoms with van der Waals surface area (Å²) < 4.78 is 5.67. The highest BCUT2D eigenvalue weighted by Gasteiger charge is 2.15. The SMILES string of the molecule is CCOC(=O)c1cc2ccccc2n1O. The molecule has 0 bridgehead atoms. The van der Waals surface area contributed by atoms with Crippen LogP contribution in [0.1, 0.15) is 17.4 Å². The first-order valence-electron chi connectivity index (χ1n) is 4.71. The van der Waals surface area contributed by atoms with Crippen molar-refractivity contribution in [1.29, 1.82) is 0 Å². The van der Waals surface area contributed by atoms with E-state index in [-0.39, 0.29) is 5.69 Å². The first-order valence-corrected chi connectivity index (χ1v) is 4.71. The van der Waals surface area contributed by atoms with Gasteiger partial charge in [0.2, 0.25) is 0 Å². The van der Waals surface area contributed by atoms with Gasteiger partial charge in [0.15, 0.2) is 5.69 Å². The maximum absolute atomic E-state index is 11.4. The number of carbonyl (C=O) groups excluding carboxylic acids is 1. The van der Waals surface area contributed by atoms with Crippen molar-refractivity contribution < 1.29 is 14.7 Å². The van der Waals surface area contributed by atoms with Crippen molar-refractivity contribution in [3.8, 4) is 0 Å². The molecule has 15 heavy (non-hydrogen) atoms. The van der Waals surface area contributed by atoms with Gasteiger partial charge in [-0.1, -0.05) is 18.2 Å². The van der Waals surface area contributed by atoms with Gasteiger partial charge in [0.1, 0.15) is 0 Å². The zero-order chi connectivity index (χ0) is 10.8. The van der Waals surface area contributed by atoms with Gasteiger partial charge in [-0.3, -0.25) is 0 Å². The highest BCUT2D eigenvalue weighted by molar-refractivity contribution is 5.95. The molecule has 0 unspecified atom stereocenters. The third-order valence-electron chi connectivity index (χ3n) is 2.17. The summed E-state index contributed by atoms with van der Waals surface area (Å²) in [7, 11) is 0. The van der Waals surface area contributed by atoms with Crippen LogP contribution in [0.2, 0.25) is 0 Å². The van der Waals surface area contributed by atoms with Gasteiger partial charge in [-0.05, 0) is 19.1 Å². The van der Waals surface area contributed by atoms with Crippen LogP contribution in [0, 0.1) is 0 Å². The van der Waals surface area contributed by atoms with Crippen LogP contribution in [0.25, 0.3) is 10.9 Å². The van der Waals surface area contributed by atoms with Crippen LogP contribution >= 0.6 is 0 Å². The number of aromatic nitrogens is 1. The smallest absolute Gasteiger partial charge is 0.358 e. The van der Waals surface area contributed by atoms with Crippen LogP contribution in [0.5, 0.6) is 0 Å². The Morgan fingerprint density at radius 3 is 2.87 bits per heavy atom. The minimum atomic E-state index is -0.517. The van der Waals surface area contributed by atoms with Crippen LogP contribution in [-0.2, 0) is 4.74 Å². The minimum absolute atomic E-state index is 0.151. The van der Waals surface area contributed by atoms with E-state index in [4.69, 9.17) is 4.74 Å². The zero-order valence-corrected chi connectivity index (χ0v) is 8.30. The van der Waals surface area contributed by atoms with Crippen molar-refractivity contribution in [3.63, 3.8) is 0 Å². The monoisotopic (exact) mass is 205 g/mol. The summed E-state index contributed by atoms with van der Waals surface area (Å²) >= 11 is 0. The molecule has 0 fully saturated rings. The molecule has 0 radical (unpaired) electrons. The van der Waals surface area contributed by atoms with Crippen LogP contribution in [0.3, 0.4) is 0 Å². The molecule has 4 heteroatoms. The van der Waals surface area contributed by atoms with E-state index in [1.54, 1.807) is 25.1 Å². The minimum Gasteiger partial charge on any atom is -0.461 e. The summed E-state index contributed by atoms with van der Waals surface area (Å²) in [6.45, 7) is 2.02. The molecule has 2 aromatic rings. The van der Waals surface area contributed by atoms with Gasteiger partial charge >= 0.3 is 5.97 Å². The molecule has 0 saturated carbocycles. The van der Waals surface area contributed by atoms with Gasteiger partial charge in [0, 0.05) is 5.39 Å². The van der Waals surface area contributed by atoms with Crippen LogP contribution in [0.4, 0.5) is 0 Å². The van der Waals surface area contributed by atoms with Crippen molar-refractivity contribution in [2.24, 2.45) is 0 Å². The highest BCUT2D eigenvalue weighted by Crippen LogP contribution is 2.18. The Morgan fingerprint density at radius 1 is 1.47 bits per heavy atom. The third kappa shape index (κ3) is 1.54. The van der Waals surface area contributed by atoms with E-state index in [0.717, 1.165) is 10.1 Å². The number of para-hydroxylation sites is 1. The Labute approximate surface area is 86.7 Å². The summed E-state index contributed by atoms with van der Waals surface area (Å²) in [6.07, 6.45) is 0. The summed E-state index contributed by atoms with van der Waals surface area (Å²) in [5, 5.41) is 10.5. The van der Waals surface area contributed by atoms with E-state index in [0.29, 0.717) is 12.1 Å². The van der Waals surface area contributed by atoms with E-state index in [9.17, 15) is 10.0 Å². The maximum atomic E-state index is 11.4. The Hall–Kier alpha value is -1.97. The number of hydrogen-bond donors (Lipinski definition) is 1. The van der Waals surface area contributed by atoms with Gasteiger partial charge < -0.3 is 9.94 Å². The molecule has 4 nitrogen and oxygen atoms in total. The molecular formula is C11H11NO3. The zero-order valence-electron chi connectivity index (χ0n) is 8.30. The lowest BCUT2D eigenvalue weighted by Crippen LogP contribution is -2.09. The van der Waals surface area contributed by atoms with Crippen molar-refractivity contribution in [2.45, 2.75) is 6.92 Å². The lowest BCUT2D eigenvalue weighted by molar-refractivity contribution is 0.0480. The first kappa shape index (κ1) is 9.58. The number of benzene rings is 1. The predicted octanol–water partition coefficient (Wildman–Crippen LogP) is 2.06. The number of nitrogens with zero attached hydrogens (tertiary/aromatic N) is 1. The third-order valence-corrected chi connectivity index (χ3v) is 2.17. The highest BCUT2D eigenvalue weighted by atomic mass is 16.5. The second-order valence-corrected chi connectivity index (χ2v) is 3.12. The second-order valence-electron chi connectivity index (χ2n) is 3.12. The topological polar surface area (TPSA) is 51.5 Å². The molecule has 0 amide bonds. The van der Waals surface area contributed by atoms with Gasteiger partial charge in [0.05, 0.1) is 12.1 Å². The average Bonchev–Trinajstić information content (AvgIpc) is 2.57. The summed E-state index contributed by atoms with van der Waals surface area (Å²) in [4.78, 5) is 11.4. The average molecular weight is 205 g/mol. The number of carbonyl (C=O) groups is 1. The fraction of sp³-hybridized carbons (Fsp3) is 0.182. The summed E-state index contributed by atoms with van der Waals surface area (Å²) in [5.41, 5.74) is 0.749. The predicted molar refractivity (Wildman–Crippen MR) is 55.1 cm³/mol. The molecule has 78 valence electrons. The molecule has 1 N–H and O–H groups in total. The largest absolute Gasteiger partial charge is 0.461 e. The molecule has 0 aliphatic carbocycles. The van der Waals surface area contributed by atoms with Gasteiger partial charge in [-0.15, -0.1) is 0 Å². The quantitative estimate of drug-likeness (QED) is 0.603. The molecule has 1 heterocycles. The number of fused-ring (bicyclic) bond motifs is 1. The fourth-order valence-electron chi connectivity index (χ4n) is 1.49. The summed E-state index contributed by atoms with van der Waals surface area (Å²) in [6, 6.07) is 8.80. The molecule has 0 spiro atoms. The molecule has 1 aromatic heterocycles. The van der Waals surface area contributed by atoms with Crippen LogP contribution in [0.15, 0.2) is 30.3 Å². The Balaban J connectivity index is 2.53. The van der Waals surface area contributed by atoms with Gasteiger partial charge in [0.25, 0.3) is 0 Å². The van der Waals surface area contributed by atoms with E-state index in [1.807, 2.05) is 12.1 Å². The van der Waals surface area contributed by atoms with E-state index in [2.05, 4.69) is 0 Å². The van der Waals surface area contributed by atoms with Crippen LogP contribution in [-0.4, -0.2) is 22.5 Å². The fourth-order valence-corrected chi connectivity index (χ4v) is 1.49. The molecular weight excluding hydrogens is 194 g/mol. The number of rotatable bonds is 2. The van der Waals surface area contributed by atoms with Crippen LogP contribution < -0.4 is 0 Å². The Kier molecular flexibility index (Phi) is 2.33. The molecule has 1 aromatic carbocycles. The Morgan fingerprint density at radius 2 is 2.20 bits per heavy atom. The van der Waals surface area contributed by atoms with Crippen molar-refractivity contribution in [3.05, 3.63) is 36.0 Å². The number of esters is 1. The molecule has 0 saturated heterocycles. The lowest BCUT2D eigenvalue weighted by atomic mass is 10.2. The normalized spacial score (nSPS) is 10.5. The van der Waals surface area contributed by atoms with E-state index < -0.39 is 5.97 Å². The number of ether oxygens (including phenoxy) is 1. The van der Waals surface area contributed by atoms with Crippen molar-refractivity contribution in [2.75, 3.05) is 6.61 Å². The molecule has 0 aliphatic rings. The maximum Gasteiger partial charge on any atom is 0.358 e. The summed E-state index contributed by atoms with van der Waals surface area (Å²) in [5.74, 6) is -0.517. The molecule has 0 aliphatic heterocycles. The first-order chi connectivity index (χ1) is 7.24. The lowest BCUT2D eigenvalue weighted by Gasteiger charge is -2.01. The van der Waals surface area contributed by atoms with E-state index >= 15 is 0 Å². The molecule has 2 rings (SSSR count). The molecule has 0 atom stereocenters. The van der Waals surface area contributed by atoms with E-state index in [1.165, 1.54) is 0 Å². The Bertz CT molecular complexity index is 502. The second kappa shape index (κ2) is 3.65. The number of hydrogen-bond acceptors (Lipinski definition) is 3. The standard InChI is InChI=1S/C11H11NO3/c1-2-15-11(13)10-7-8-5-3-4-6-9(8)12(10)14/h3-7,14H,2H2,1H3.